The van der Waals surface area contributed by atoms with Crippen molar-refractivity contribution in [3.8, 4) is 0 Å². The lowest BCUT2D eigenvalue weighted by Gasteiger charge is -1.56. The quantitative estimate of drug-likeness (QED) is 0.267. The van der Waals surface area contributed by atoms with Gasteiger partial charge in [0, 0.05) is 0 Å². The molecule has 0 fully saturated rings. The van der Waals surface area contributed by atoms with Gasteiger partial charge in [-0.25, -0.2) is 0 Å². The number of halogens is 1. The van der Waals surface area contributed by atoms with Crippen molar-refractivity contribution >= 4 is 0 Å². The smallest absolute Gasteiger partial charge is 0.0805 e. The molecule has 0 spiro atoms. The second-order valence-corrected chi connectivity index (χ2v) is 0.176. The molecule has 0 aliphatic carbocycles. The number of nitroso groups, excluding NO2 is 1. The highest BCUT2D eigenvalue weighted by Crippen LogP contribution is 1.42. The minimum atomic E-state index is 0.500. The van der Waals surface area contributed by atoms with E-state index in [1.54, 1.807) is 5.29 Å². The molecule has 0 rings (SSSR count). The Morgan fingerprint density at radius 2 is 2.25 bits per heavy atom. The minimum Gasteiger partial charge on any atom is -0.123 e. The topological polar surface area (TPSA) is 41.5 Å². The lowest BCUT2D eigenvalue weighted by molar-refractivity contribution is 0.344. The third-order valence-electron chi connectivity index (χ3n) is 0.0345. The van der Waals surface area contributed by atoms with Crippen LogP contribution in [0.5, 0.6) is 0 Å². The Kier molecular flexibility index (Phi) is 1.94. The van der Waals surface area contributed by atoms with Crippen molar-refractivity contribution in [3.63, 3.8) is 0 Å². The van der Waals surface area contributed by atoms with Crippen LogP contribution in [0.25, 0.3) is 0 Å². The molecule has 24 valence electrons. The van der Waals surface area contributed by atoms with Crippen LogP contribution in [0.15, 0.2) is 5.29 Å². The summed E-state index contributed by atoms with van der Waals surface area (Å²) in [6.45, 7) is 0. The molecule has 0 aromatic carbocycles. The number of nitrogens with one attached hydrogen (secondary N) is 1. The molecule has 0 saturated heterocycles. The zero-order chi connectivity index (χ0) is 3.41. The molecule has 1 N–H and O–H groups in total. The Bertz CT molecular complexity index is 20.0. The molecule has 0 aromatic heterocycles. The van der Waals surface area contributed by atoms with Gasteiger partial charge in [0.05, 0.1) is 5.29 Å². The fraction of sp³-hybridized carbons (Fsp3) is 0. The van der Waals surface area contributed by atoms with Gasteiger partial charge < -0.3 is 0 Å². The van der Waals surface area contributed by atoms with Crippen molar-refractivity contribution in [1.29, 1.82) is 0 Å². The third-order valence-corrected chi connectivity index (χ3v) is 0.0345. The largest absolute Gasteiger partial charge is 0.123 e. The summed E-state index contributed by atoms with van der Waals surface area (Å²) >= 11 is 0. The predicted octanol–water partition coefficient (Wildman–Crippen LogP) is 0.142. The molecule has 0 aromatic rings. The molecule has 0 atom stereocenters. The van der Waals surface area contributed by atoms with Gasteiger partial charge in [0.25, 0.3) is 0 Å². The first-order valence-electron chi connectivity index (χ1n) is 0.595. The Morgan fingerprint density at radius 3 is 2.25 bits per heavy atom. The van der Waals surface area contributed by atoms with Crippen molar-refractivity contribution in [2.45, 2.75) is 0 Å². The molecule has 0 unspecified atom stereocenters. The van der Waals surface area contributed by atoms with E-state index in [0.29, 0.717) is 5.65 Å². The highest BCUT2D eigenvalue weighted by Gasteiger charge is 1.47. The van der Waals surface area contributed by atoms with Gasteiger partial charge in [-0.05, 0) is 0 Å². The fourth-order valence-corrected chi connectivity index (χ4v) is 0. The lowest BCUT2D eigenvalue weighted by Crippen LogP contribution is -1.77. The molecule has 0 bridgehead atoms. The van der Waals surface area contributed by atoms with Gasteiger partial charge in [-0.3, -0.25) is 0 Å². The van der Waals surface area contributed by atoms with Crippen molar-refractivity contribution in [2.75, 3.05) is 0 Å². The average Bonchev–Trinajstić information content (AvgIpc) is 1.37. The summed E-state index contributed by atoms with van der Waals surface area (Å²) in [6.07, 6.45) is 0. The zero-order valence-electron chi connectivity index (χ0n) is 1.73. The molecule has 0 heterocycles. The van der Waals surface area contributed by atoms with E-state index in [9.17, 15) is 4.48 Å². The molecule has 3 nitrogen and oxygen atoms in total. The molecule has 0 saturated carbocycles. The highest BCUT2D eigenvalue weighted by atomic mass is 19.2. The molecule has 4 heavy (non-hydrogen) atoms. The predicted molar refractivity (Wildman–Crippen MR) is 10.0 cm³/mol. The van der Waals surface area contributed by atoms with Crippen LogP contribution >= 0.6 is 0 Å². The van der Waals surface area contributed by atoms with E-state index < -0.39 is 0 Å². The second kappa shape index (κ2) is 2.33. The number of nitrogens with zero attached hydrogens (tertiary/aromatic N) is 1. The number of rotatable bonds is 1. The van der Waals surface area contributed by atoms with Crippen molar-refractivity contribution < 1.29 is 4.48 Å². The van der Waals surface area contributed by atoms with Crippen LogP contribution in [0.2, 0.25) is 0 Å². The lowest BCUT2D eigenvalue weighted by atomic mass is 12.8. The van der Waals surface area contributed by atoms with E-state index in [2.05, 4.69) is 0 Å². The first-order chi connectivity index (χ1) is 1.91. The van der Waals surface area contributed by atoms with Crippen LogP contribution in [0.3, 0.4) is 0 Å². The van der Waals surface area contributed by atoms with Crippen molar-refractivity contribution in [2.24, 2.45) is 5.29 Å². The van der Waals surface area contributed by atoms with Crippen LogP contribution in [0.1, 0.15) is 0 Å². The van der Waals surface area contributed by atoms with Crippen LogP contribution in [-0.2, 0) is 0 Å². The normalized spacial score (nSPS) is 5.25. The maximum absolute atomic E-state index is 9.99. The summed E-state index contributed by atoms with van der Waals surface area (Å²) in [5.41, 5.74) is 0.500. The molecule has 0 aliphatic rings. The number of hydrogen-bond acceptors (Lipinski definition) is 2. The van der Waals surface area contributed by atoms with Crippen LogP contribution < -0.4 is 5.65 Å². The van der Waals surface area contributed by atoms with Crippen molar-refractivity contribution in [1.82, 2.24) is 5.65 Å². The van der Waals surface area contributed by atoms with E-state index >= 15 is 0 Å². The Hall–Kier alpha value is -0.670. The molecular formula is HFN2O. The maximum Gasteiger partial charge on any atom is 0.0805 e. The summed E-state index contributed by atoms with van der Waals surface area (Å²) in [6, 6.07) is 0. The Balaban J connectivity index is 2.30. The van der Waals surface area contributed by atoms with Gasteiger partial charge in [0.1, 0.15) is 0 Å². The standard InChI is InChI=1S/FHN2O/c1-2-3-4/h(H,2,4). The van der Waals surface area contributed by atoms with E-state index in [-0.39, 0.29) is 0 Å². The van der Waals surface area contributed by atoms with Crippen LogP contribution in [0.4, 0.5) is 4.48 Å². The molecule has 4 heteroatoms. The van der Waals surface area contributed by atoms with Gasteiger partial charge in [0.15, 0.2) is 0 Å². The second-order valence-electron chi connectivity index (χ2n) is 0.176. The zero-order valence-corrected chi connectivity index (χ0v) is 1.73. The first kappa shape index (κ1) is 3.33. The monoisotopic (exact) mass is 64.0 g/mol. The summed E-state index contributed by atoms with van der Waals surface area (Å²) in [5, 5.41) is 1.57. The van der Waals surface area contributed by atoms with E-state index in [0.717, 1.165) is 0 Å². The van der Waals surface area contributed by atoms with Gasteiger partial charge in [-0.15, -0.1) is 10.6 Å². The molecule has 0 amide bonds. The van der Waals surface area contributed by atoms with Gasteiger partial charge in [-0.1, -0.05) is 4.48 Å². The molecule has 0 aliphatic heterocycles. The summed E-state index contributed by atoms with van der Waals surface area (Å²) in [5.74, 6) is 0. The molecular weight excluding hydrogens is 63.0 g/mol. The number of hydrogen-bond donors (Lipinski definition) is 1. The SMILES string of the molecule is O=NNF. The Morgan fingerprint density at radius 1 is 2.00 bits per heavy atom. The summed E-state index contributed by atoms with van der Waals surface area (Å²) < 4.78 is 9.99. The van der Waals surface area contributed by atoms with Crippen LogP contribution in [0, 0.1) is 4.91 Å². The first-order valence-corrected chi connectivity index (χ1v) is 0.595. The summed E-state index contributed by atoms with van der Waals surface area (Å²) in [7, 11) is 0. The van der Waals surface area contributed by atoms with Crippen LogP contribution in [-0.4, -0.2) is 0 Å². The summed E-state index contributed by atoms with van der Waals surface area (Å²) in [4.78, 5) is 8.44. The van der Waals surface area contributed by atoms with E-state index in [4.69, 9.17) is 4.91 Å². The third kappa shape index (κ3) is 1.33. The average molecular weight is 64.0 g/mol. The Labute approximate surface area is 21.7 Å². The fourth-order valence-electron chi connectivity index (χ4n) is 0. The highest BCUT2D eigenvalue weighted by molar-refractivity contribution is 3.96. The van der Waals surface area contributed by atoms with Crippen molar-refractivity contribution in [3.05, 3.63) is 4.91 Å². The molecule has 0 radical (unpaired) electrons. The van der Waals surface area contributed by atoms with E-state index in [1.807, 2.05) is 0 Å². The van der Waals surface area contributed by atoms with E-state index in [1.165, 1.54) is 0 Å². The van der Waals surface area contributed by atoms with Gasteiger partial charge in [-0.2, -0.15) is 0 Å². The van der Waals surface area contributed by atoms with Gasteiger partial charge in [0.2, 0.25) is 0 Å². The minimum absolute atomic E-state index is 0.500. The maximum atomic E-state index is 9.99. The van der Waals surface area contributed by atoms with Gasteiger partial charge >= 0.3 is 0 Å².